The summed E-state index contributed by atoms with van der Waals surface area (Å²) in [5, 5.41) is 19.7. The number of ether oxygens (including phenoxy) is 1. The van der Waals surface area contributed by atoms with E-state index < -0.39 is 5.82 Å². The number of halogens is 2. The highest BCUT2D eigenvalue weighted by atomic mass is 35.5. The van der Waals surface area contributed by atoms with E-state index in [1.807, 2.05) is 34.9 Å². The maximum Gasteiger partial charge on any atom is 0.146 e. The molecule has 13 heteroatoms. The van der Waals surface area contributed by atoms with Gasteiger partial charge in [0.25, 0.3) is 0 Å². The molecule has 0 spiro atoms. The van der Waals surface area contributed by atoms with Gasteiger partial charge in [-0.05, 0) is 30.7 Å². The molecule has 1 saturated heterocycles. The van der Waals surface area contributed by atoms with Gasteiger partial charge in [-0.25, -0.2) is 9.37 Å². The number of aryl methyl sites for hydroxylation is 1. The summed E-state index contributed by atoms with van der Waals surface area (Å²) in [7, 11) is 0. The molecule has 1 atom stereocenters. The van der Waals surface area contributed by atoms with E-state index in [0.29, 0.717) is 46.2 Å². The lowest BCUT2D eigenvalue weighted by atomic mass is 10.0. The number of hydrazine groups is 2. The molecule has 210 valence electrons. The molecule has 1 fully saturated rings. The Morgan fingerprint density at radius 1 is 1.19 bits per heavy atom. The van der Waals surface area contributed by atoms with Crippen molar-refractivity contribution in [3.63, 3.8) is 0 Å². The van der Waals surface area contributed by atoms with Gasteiger partial charge in [-0.1, -0.05) is 23.7 Å². The van der Waals surface area contributed by atoms with E-state index >= 15 is 0 Å². The monoisotopic (exact) mass is 599 g/mol. The van der Waals surface area contributed by atoms with Crippen LogP contribution in [0.3, 0.4) is 0 Å². The number of benzene rings is 2. The number of pyridine rings is 2. The highest BCUT2D eigenvalue weighted by Crippen LogP contribution is 2.38. The molecule has 10 nitrogen and oxygen atoms in total. The molecule has 0 amide bonds. The van der Waals surface area contributed by atoms with E-state index in [0.717, 1.165) is 21.5 Å². The van der Waals surface area contributed by atoms with Gasteiger partial charge in [0.1, 0.15) is 11.9 Å². The summed E-state index contributed by atoms with van der Waals surface area (Å²) in [5.41, 5.74) is 13.8. The predicted molar refractivity (Wildman–Crippen MR) is 160 cm³/mol. The average molecular weight is 600 g/mol. The molecule has 0 saturated carbocycles. The van der Waals surface area contributed by atoms with E-state index in [-0.39, 0.29) is 23.3 Å². The fourth-order valence-electron chi connectivity index (χ4n) is 4.98. The van der Waals surface area contributed by atoms with Crippen molar-refractivity contribution in [2.24, 2.45) is 0 Å². The van der Waals surface area contributed by atoms with Gasteiger partial charge in [-0.3, -0.25) is 15.0 Å². The van der Waals surface area contributed by atoms with Crippen LogP contribution >= 0.6 is 22.9 Å². The number of thiazole rings is 1. The predicted octanol–water partition coefficient (Wildman–Crippen LogP) is 5.67. The quantitative estimate of drug-likeness (QED) is 0.186. The molecule has 5 aromatic rings. The first-order valence-corrected chi connectivity index (χ1v) is 14.3. The van der Waals surface area contributed by atoms with Crippen molar-refractivity contribution in [2.75, 3.05) is 23.8 Å². The zero-order valence-electron chi connectivity index (χ0n) is 22.2. The van der Waals surface area contributed by atoms with Gasteiger partial charge in [0.2, 0.25) is 0 Å². The van der Waals surface area contributed by atoms with Gasteiger partial charge in [0.05, 0.1) is 86.1 Å². The second kappa shape index (κ2) is 10.7. The van der Waals surface area contributed by atoms with Crippen LogP contribution in [0.4, 0.5) is 21.5 Å². The first kappa shape index (κ1) is 26.4. The van der Waals surface area contributed by atoms with Gasteiger partial charge in [0, 0.05) is 29.5 Å². The summed E-state index contributed by atoms with van der Waals surface area (Å²) in [6.45, 7) is 2.88. The van der Waals surface area contributed by atoms with E-state index in [1.165, 1.54) is 18.5 Å². The van der Waals surface area contributed by atoms with Crippen LogP contribution < -0.4 is 21.6 Å². The second-order valence-electron chi connectivity index (χ2n) is 9.97. The number of nitrogens with zero attached hydrogens (tertiary/aromatic N) is 5. The molecule has 0 aliphatic carbocycles. The summed E-state index contributed by atoms with van der Waals surface area (Å²) in [5.74, 6) is -0.453. The molecule has 2 aliphatic heterocycles. The molecular formula is C29H23ClFN9OS. The third kappa shape index (κ3) is 4.72. The molecule has 0 bridgehead atoms. The standard InChI is InChI=1S/C29H23ClFN9OS/c1-15-23(31)7-18(10-33-15)37-26-16(8-32)9-34-27-21(26)5-17(6-22(27)30)36-28(20-3-2-4-24-29(20)42-14-35-24)25-11-40(39-38-25)19-12-41-13-19/h2-7,9-11,14,19,28,36,38-39H,12-13H2,1H3,(H,34,37)/t28-/m0/s1. The van der Waals surface area contributed by atoms with Crippen LogP contribution in [0.1, 0.15) is 22.9 Å². The summed E-state index contributed by atoms with van der Waals surface area (Å²) in [4.78, 5) is 13.1. The van der Waals surface area contributed by atoms with Gasteiger partial charge < -0.3 is 20.8 Å². The largest absolute Gasteiger partial charge is 0.377 e. The average Bonchev–Trinajstić information content (AvgIpc) is 3.63. The zero-order chi connectivity index (χ0) is 28.8. The number of nitrogens with one attached hydrogen (secondary N) is 4. The van der Waals surface area contributed by atoms with Gasteiger partial charge >= 0.3 is 0 Å². The lowest BCUT2D eigenvalue weighted by Gasteiger charge is -2.33. The van der Waals surface area contributed by atoms with Crippen LogP contribution in [-0.2, 0) is 4.74 Å². The van der Waals surface area contributed by atoms with Crippen molar-refractivity contribution < 1.29 is 9.13 Å². The minimum absolute atomic E-state index is 0.232. The number of aromatic nitrogens is 3. The normalized spacial score (nSPS) is 15.7. The zero-order valence-corrected chi connectivity index (χ0v) is 23.7. The fraction of sp³-hybridized carbons (Fsp3) is 0.172. The SMILES string of the molecule is Cc1ncc(Nc2c(C#N)cnc3c(Cl)cc(N[C@H](C4=CN(C5COC5)NN4)c4cccc5ncsc45)cc23)cc1F. The number of rotatable bonds is 7. The molecule has 0 unspecified atom stereocenters. The van der Waals surface area contributed by atoms with Crippen LogP contribution in [0, 0.1) is 24.1 Å². The smallest absolute Gasteiger partial charge is 0.146 e. The van der Waals surface area contributed by atoms with Crippen LogP contribution in [0.15, 0.2) is 66.2 Å². The number of hydrogen-bond acceptors (Lipinski definition) is 11. The van der Waals surface area contributed by atoms with Crippen LogP contribution in [-0.4, -0.2) is 39.2 Å². The number of nitriles is 1. The van der Waals surface area contributed by atoms with Crippen molar-refractivity contribution in [1.82, 2.24) is 30.9 Å². The fourth-order valence-corrected chi connectivity index (χ4v) is 6.08. The molecule has 3 aromatic heterocycles. The minimum atomic E-state index is -0.453. The van der Waals surface area contributed by atoms with Gasteiger partial charge in [0.15, 0.2) is 0 Å². The molecule has 42 heavy (non-hydrogen) atoms. The lowest BCUT2D eigenvalue weighted by Crippen LogP contribution is -2.52. The Labute approximate surface area is 248 Å². The Morgan fingerprint density at radius 2 is 2.07 bits per heavy atom. The van der Waals surface area contributed by atoms with Crippen LogP contribution in [0.5, 0.6) is 0 Å². The Bertz CT molecular complexity index is 1920. The highest BCUT2D eigenvalue weighted by molar-refractivity contribution is 7.17. The molecule has 2 aromatic carbocycles. The summed E-state index contributed by atoms with van der Waals surface area (Å²) < 4.78 is 20.7. The van der Waals surface area contributed by atoms with E-state index in [1.54, 1.807) is 24.3 Å². The highest BCUT2D eigenvalue weighted by Gasteiger charge is 2.31. The number of anilines is 3. The molecule has 2 aliphatic rings. The molecule has 7 rings (SSSR count). The number of hydrogen-bond donors (Lipinski definition) is 4. The first-order chi connectivity index (χ1) is 20.5. The molecule has 0 radical (unpaired) electrons. The van der Waals surface area contributed by atoms with Gasteiger partial charge in [-0.15, -0.1) is 16.9 Å². The van der Waals surface area contributed by atoms with Crippen LogP contribution in [0.2, 0.25) is 5.02 Å². The molecular weight excluding hydrogens is 577 g/mol. The van der Waals surface area contributed by atoms with E-state index in [9.17, 15) is 9.65 Å². The Hall–Kier alpha value is -4.54. The number of fused-ring (bicyclic) bond motifs is 2. The topological polar surface area (TPSA) is 123 Å². The van der Waals surface area contributed by atoms with Crippen molar-refractivity contribution in [2.45, 2.75) is 19.0 Å². The third-order valence-electron chi connectivity index (χ3n) is 7.28. The first-order valence-electron chi connectivity index (χ1n) is 13.1. The molecule has 4 N–H and O–H groups in total. The van der Waals surface area contributed by atoms with Crippen molar-refractivity contribution in [3.8, 4) is 6.07 Å². The molecule has 5 heterocycles. The van der Waals surface area contributed by atoms with Crippen molar-refractivity contribution in [3.05, 3.63) is 93.9 Å². The lowest BCUT2D eigenvalue weighted by molar-refractivity contribution is -0.0635. The van der Waals surface area contributed by atoms with Gasteiger partial charge in [-0.2, -0.15) is 5.26 Å². The van der Waals surface area contributed by atoms with Crippen molar-refractivity contribution >= 4 is 61.1 Å². The summed E-state index contributed by atoms with van der Waals surface area (Å²) >= 11 is 8.35. The summed E-state index contributed by atoms with van der Waals surface area (Å²) in [6, 6.07) is 13.2. The minimum Gasteiger partial charge on any atom is -0.377 e. The van der Waals surface area contributed by atoms with E-state index in [2.05, 4.69) is 48.7 Å². The maximum atomic E-state index is 14.3. The Kier molecular flexibility index (Phi) is 6.72. The second-order valence-corrected chi connectivity index (χ2v) is 11.2. The maximum absolute atomic E-state index is 14.3. The van der Waals surface area contributed by atoms with E-state index in [4.69, 9.17) is 16.3 Å². The summed E-state index contributed by atoms with van der Waals surface area (Å²) in [6.07, 6.45) is 5.01. The third-order valence-corrected chi connectivity index (χ3v) is 8.46. The Balaban J connectivity index is 1.33. The van der Waals surface area contributed by atoms with Crippen LogP contribution in [0.25, 0.3) is 21.1 Å². The van der Waals surface area contributed by atoms with Crippen molar-refractivity contribution in [1.29, 1.82) is 5.26 Å². The Morgan fingerprint density at radius 3 is 2.86 bits per heavy atom.